The molecule has 5 unspecified atom stereocenters. The Hall–Kier alpha value is -4.74. The Bertz CT molecular complexity index is 1790. The Morgan fingerprint density at radius 2 is 1.12 bits per heavy atom. The lowest BCUT2D eigenvalue weighted by atomic mass is 9.78. The third kappa shape index (κ3) is 24.0. The number of rotatable bonds is 37. The maximum absolute atomic E-state index is 15.0. The van der Waals surface area contributed by atoms with Gasteiger partial charge in [0.2, 0.25) is 12.6 Å². The first-order valence-corrected chi connectivity index (χ1v) is 24.4. The second-order valence-corrected chi connectivity index (χ2v) is 18.5. The molecule has 0 aliphatic heterocycles. The van der Waals surface area contributed by atoms with Gasteiger partial charge in [-0.1, -0.05) is 26.0 Å². The molecule has 22 heteroatoms. The highest BCUT2D eigenvalue weighted by atomic mass is 32.2. The molecule has 0 saturated heterocycles. The number of aliphatic carboxylic acids is 1. The topological polar surface area (TPSA) is 294 Å². The summed E-state index contributed by atoms with van der Waals surface area (Å²) in [4.78, 5) is 90.0. The summed E-state index contributed by atoms with van der Waals surface area (Å²) in [6, 6.07) is 5.09. The minimum absolute atomic E-state index is 0.0000522. The highest BCUT2D eigenvalue weighted by molar-refractivity contribution is 7.85. The van der Waals surface area contributed by atoms with Crippen LogP contribution in [-0.4, -0.2) is 157 Å². The molecule has 388 valence electrons. The van der Waals surface area contributed by atoms with Gasteiger partial charge in [-0.3, -0.25) is 42.6 Å². The minimum Gasteiger partial charge on any atom is -0.481 e. The van der Waals surface area contributed by atoms with E-state index in [2.05, 4.69) is 0 Å². The van der Waals surface area contributed by atoms with Crippen molar-refractivity contribution in [3.05, 3.63) is 29.8 Å². The van der Waals surface area contributed by atoms with Crippen molar-refractivity contribution in [2.24, 2.45) is 29.4 Å². The summed E-state index contributed by atoms with van der Waals surface area (Å²) in [6.45, 7) is 9.02. The summed E-state index contributed by atoms with van der Waals surface area (Å²) in [5.74, 6) is -10.6. The number of carboxylic acids is 1. The first-order chi connectivity index (χ1) is 32.0. The van der Waals surface area contributed by atoms with Gasteiger partial charge < -0.3 is 48.7 Å². The molecule has 0 aromatic heterocycles. The minimum atomic E-state index is -4.63. The molecule has 0 saturated carbocycles. The first kappa shape index (κ1) is 61.3. The number of hydrogen-bond acceptors (Lipinski definition) is 17. The predicted octanol–water partition coefficient (Wildman–Crippen LogP) is 3.83. The molecule has 0 aliphatic rings. The van der Waals surface area contributed by atoms with E-state index in [1.807, 2.05) is 21.0 Å². The average molecular weight is 992 g/mol. The van der Waals surface area contributed by atoms with Gasteiger partial charge in [0.25, 0.3) is 10.1 Å². The summed E-state index contributed by atoms with van der Waals surface area (Å²) >= 11 is 0. The Kier molecular flexibility index (Phi) is 28.3. The molecule has 0 spiro atoms. The number of quaternary nitrogens is 1. The van der Waals surface area contributed by atoms with Gasteiger partial charge in [0.15, 0.2) is 5.60 Å². The van der Waals surface area contributed by atoms with Crippen molar-refractivity contribution in [1.82, 2.24) is 0 Å². The van der Waals surface area contributed by atoms with Crippen molar-refractivity contribution in [3.8, 4) is 0 Å². The van der Waals surface area contributed by atoms with Gasteiger partial charge in [-0.15, -0.1) is 0 Å². The number of carbonyl (C=O) groups excluding carboxylic acids is 6. The standard InChI is InChI=1S/C46H74N2O19S/c1-9-33(42(47)52)25-36(43(53)54)27-37(26-35(34-14-16-38(17-15-34)68(57,58)59)24-32(6)44(55)66-31-48(7,8)10-2)45(56)67-46(28-60-21-18-39(49)63-11-3,29-61-22-19-40(50)64-12-4)30-62-23-20-41(51)65-13-5/h14-17,32-33,35-37H,9-13,18-31H2,1-8H3,(H3-,47,52,53,54,57,58,59)/p+1. The Labute approximate surface area is 400 Å². The zero-order valence-corrected chi connectivity index (χ0v) is 41.7. The SMILES string of the molecule is CCOC(=O)CCOCC(COCCC(=O)OCC)(COCCC(=O)OCC)OC(=O)C(CC(CC(CC)C(N)=O)C(=O)O)CC(CC(C)C(=O)OC[N+](C)(C)CC)c1ccc(S(=O)(=O)O)cc1. The lowest BCUT2D eigenvalue weighted by Gasteiger charge is -2.35. The van der Waals surface area contributed by atoms with E-state index in [1.165, 1.54) is 12.1 Å². The largest absolute Gasteiger partial charge is 0.481 e. The van der Waals surface area contributed by atoms with Crippen molar-refractivity contribution in [2.45, 2.75) is 109 Å². The molecular weight excluding hydrogens is 917 g/mol. The molecule has 4 N–H and O–H groups in total. The molecule has 0 bridgehead atoms. The van der Waals surface area contributed by atoms with Gasteiger partial charge in [0.05, 0.1) is 122 Å². The van der Waals surface area contributed by atoms with Crippen LogP contribution in [0.2, 0.25) is 0 Å². The van der Waals surface area contributed by atoms with Gasteiger partial charge in [-0.25, -0.2) is 0 Å². The number of primary amides is 1. The van der Waals surface area contributed by atoms with E-state index in [0.29, 0.717) is 16.6 Å². The zero-order valence-electron chi connectivity index (χ0n) is 40.9. The van der Waals surface area contributed by atoms with Crippen LogP contribution in [-0.2, 0) is 81.6 Å². The molecule has 21 nitrogen and oxygen atoms in total. The van der Waals surface area contributed by atoms with Crippen LogP contribution < -0.4 is 5.73 Å². The third-order valence-corrected chi connectivity index (χ3v) is 11.9. The Morgan fingerprint density at radius 3 is 1.50 bits per heavy atom. The van der Waals surface area contributed by atoms with E-state index >= 15 is 4.79 Å². The third-order valence-electron chi connectivity index (χ3n) is 11.1. The first-order valence-electron chi connectivity index (χ1n) is 23.0. The maximum Gasteiger partial charge on any atom is 0.312 e. The summed E-state index contributed by atoms with van der Waals surface area (Å²) in [6.07, 6.45) is -1.28. The van der Waals surface area contributed by atoms with Crippen LogP contribution in [0.15, 0.2) is 29.2 Å². The molecule has 1 amide bonds. The molecule has 68 heavy (non-hydrogen) atoms. The van der Waals surface area contributed by atoms with Gasteiger partial charge in [-0.2, -0.15) is 8.42 Å². The van der Waals surface area contributed by atoms with Crippen LogP contribution in [0.4, 0.5) is 0 Å². The number of carbonyl (C=O) groups is 7. The number of carboxylic acid groups (broad SMARTS) is 1. The second kappa shape index (κ2) is 31.4. The second-order valence-electron chi connectivity index (χ2n) is 17.1. The lowest BCUT2D eigenvalue weighted by molar-refractivity contribution is -0.905. The number of amides is 1. The number of benzene rings is 1. The fraction of sp³-hybridized carbons (Fsp3) is 0.717. The van der Waals surface area contributed by atoms with Crippen LogP contribution in [0.1, 0.15) is 104 Å². The van der Waals surface area contributed by atoms with E-state index in [4.69, 9.17) is 43.6 Å². The molecule has 1 aromatic rings. The van der Waals surface area contributed by atoms with Crippen LogP contribution in [0, 0.1) is 23.7 Å². The molecular formula is C46H75N2O19S+. The number of hydrogen-bond donors (Lipinski definition) is 3. The average Bonchev–Trinajstić information content (AvgIpc) is 3.27. The van der Waals surface area contributed by atoms with E-state index in [1.54, 1.807) is 34.6 Å². The van der Waals surface area contributed by atoms with E-state index < -0.39 is 118 Å². The maximum atomic E-state index is 15.0. The van der Waals surface area contributed by atoms with Gasteiger partial charge in [0.1, 0.15) is 0 Å². The summed E-state index contributed by atoms with van der Waals surface area (Å²) < 4.78 is 78.7. The smallest absolute Gasteiger partial charge is 0.312 e. The van der Waals surface area contributed by atoms with E-state index in [0.717, 1.165) is 12.1 Å². The van der Waals surface area contributed by atoms with Crippen molar-refractivity contribution < 1.29 is 94.0 Å². The van der Waals surface area contributed by atoms with E-state index in [9.17, 15) is 46.8 Å². The zero-order chi connectivity index (χ0) is 51.5. The molecule has 0 aliphatic carbocycles. The highest BCUT2D eigenvalue weighted by Gasteiger charge is 2.41. The van der Waals surface area contributed by atoms with Crippen LogP contribution in [0.5, 0.6) is 0 Å². The van der Waals surface area contributed by atoms with Crippen molar-refractivity contribution >= 4 is 51.8 Å². The molecule has 0 fully saturated rings. The Balaban J connectivity index is 4.01. The molecule has 0 radical (unpaired) electrons. The lowest BCUT2D eigenvalue weighted by Crippen LogP contribution is -2.50. The summed E-state index contributed by atoms with van der Waals surface area (Å²) in [5, 5.41) is 10.5. The summed E-state index contributed by atoms with van der Waals surface area (Å²) in [7, 11) is -0.885. The van der Waals surface area contributed by atoms with Crippen LogP contribution in [0.25, 0.3) is 0 Å². The predicted molar refractivity (Wildman–Crippen MR) is 243 cm³/mol. The van der Waals surface area contributed by atoms with Crippen molar-refractivity contribution in [3.63, 3.8) is 0 Å². The van der Waals surface area contributed by atoms with Crippen molar-refractivity contribution in [1.29, 1.82) is 0 Å². The molecule has 5 atom stereocenters. The monoisotopic (exact) mass is 991 g/mol. The van der Waals surface area contributed by atoms with Crippen molar-refractivity contribution in [2.75, 3.05) is 86.8 Å². The fourth-order valence-electron chi connectivity index (χ4n) is 6.83. The van der Waals surface area contributed by atoms with E-state index in [-0.39, 0.29) is 91.3 Å². The number of nitrogens with two attached hydrogens (primary N) is 1. The normalized spacial score (nSPS) is 14.1. The fourth-order valence-corrected chi connectivity index (χ4v) is 7.31. The number of esters is 5. The Morgan fingerprint density at radius 1 is 0.662 bits per heavy atom. The highest BCUT2D eigenvalue weighted by Crippen LogP contribution is 2.37. The molecule has 0 heterocycles. The van der Waals surface area contributed by atoms with Crippen LogP contribution in [0.3, 0.4) is 0 Å². The quantitative estimate of drug-likeness (QED) is 0.0213. The van der Waals surface area contributed by atoms with Gasteiger partial charge in [0, 0.05) is 5.92 Å². The molecule has 1 rings (SSSR count). The van der Waals surface area contributed by atoms with Crippen LogP contribution >= 0.6 is 0 Å². The van der Waals surface area contributed by atoms with Gasteiger partial charge >= 0.3 is 35.8 Å². The summed E-state index contributed by atoms with van der Waals surface area (Å²) in [5.41, 5.74) is 4.16. The molecule has 1 aromatic carbocycles. The number of nitrogens with zero attached hydrogens (tertiary/aromatic N) is 1. The van der Waals surface area contributed by atoms with Gasteiger partial charge in [-0.05, 0) is 83.4 Å². The number of ether oxygens (including phenoxy) is 8.